The van der Waals surface area contributed by atoms with Gasteiger partial charge in [0.1, 0.15) is 0 Å². The summed E-state index contributed by atoms with van der Waals surface area (Å²) < 4.78 is 0. The van der Waals surface area contributed by atoms with Crippen molar-refractivity contribution in [2.24, 2.45) is 0 Å². The summed E-state index contributed by atoms with van der Waals surface area (Å²) in [6.07, 6.45) is 1.46. The number of hydrogen-bond donors (Lipinski definition) is 3. The summed E-state index contributed by atoms with van der Waals surface area (Å²) in [6, 6.07) is 8.79. The van der Waals surface area contributed by atoms with Crippen molar-refractivity contribution in [2.45, 2.75) is 18.4 Å². The fraction of sp³-hybridized carbons (Fsp3) is 0.462. The molecule has 1 saturated heterocycles. The van der Waals surface area contributed by atoms with Crippen LogP contribution in [0.5, 0.6) is 0 Å². The molecule has 98 valence electrons. The van der Waals surface area contributed by atoms with Crippen LogP contribution in [-0.2, 0) is 4.84 Å². The van der Waals surface area contributed by atoms with E-state index < -0.39 is 11.5 Å². The van der Waals surface area contributed by atoms with E-state index in [1.165, 1.54) is 0 Å². The first-order chi connectivity index (χ1) is 8.76. The van der Waals surface area contributed by atoms with Gasteiger partial charge >= 0.3 is 5.97 Å². The van der Waals surface area contributed by atoms with Crippen LogP contribution in [0.25, 0.3) is 0 Å². The highest BCUT2D eigenvalue weighted by molar-refractivity contribution is 5.89. The van der Waals surface area contributed by atoms with Gasteiger partial charge in [0.05, 0.1) is 17.7 Å². The average molecular weight is 250 g/mol. The molecule has 0 bridgehead atoms. The van der Waals surface area contributed by atoms with Crippen LogP contribution in [-0.4, -0.2) is 36.3 Å². The average Bonchev–Trinajstić information content (AvgIpc) is 2.47. The predicted molar refractivity (Wildman–Crippen MR) is 66.9 cm³/mol. The summed E-state index contributed by atoms with van der Waals surface area (Å²) in [5.74, 6) is -0.429. The van der Waals surface area contributed by atoms with Gasteiger partial charge in [-0.2, -0.15) is 0 Å². The Labute approximate surface area is 106 Å². The predicted octanol–water partition coefficient (Wildman–Crippen LogP) is 0.462. The number of benzene rings is 1. The number of piperidine rings is 1. The van der Waals surface area contributed by atoms with Crippen LogP contribution >= 0.6 is 0 Å². The maximum Gasteiger partial charge on any atom is 0.356 e. The van der Waals surface area contributed by atoms with Gasteiger partial charge in [-0.1, -0.05) is 18.2 Å². The van der Waals surface area contributed by atoms with E-state index in [2.05, 4.69) is 10.8 Å². The zero-order valence-corrected chi connectivity index (χ0v) is 10.2. The third-order valence-corrected chi connectivity index (χ3v) is 3.23. The molecule has 0 atom stereocenters. The van der Waals surface area contributed by atoms with E-state index in [0.29, 0.717) is 5.56 Å². The maximum atomic E-state index is 11.8. The Morgan fingerprint density at radius 2 is 2.00 bits per heavy atom. The molecule has 5 heteroatoms. The van der Waals surface area contributed by atoms with Crippen LogP contribution in [0, 0.1) is 0 Å². The van der Waals surface area contributed by atoms with Crippen molar-refractivity contribution < 1.29 is 14.7 Å². The van der Waals surface area contributed by atoms with Crippen molar-refractivity contribution in [1.82, 2.24) is 10.8 Å². The molecular weight excluding hydrogens is 232 g/mol. The van der Waals surface area contributed by atoms with Crippen LogP contribution in [0.3, 0.4) is 0 Å². The van der Waals surface area contributed by atoms with Gasteiger partial charge < -0.3 is 15.3 Å². The van der Waals surface area contributed by atoms with Gasteiger partial charge in [-0.05, 0) is 38.1 Å². The van der Waals surface area contributed by atoms with Crippen LogP contribution in [0.1, 0.15) is 23.2 Å². The first-order valence-corrected chi connectivity index (χ1v) is 6.11. The number of carbonyl (C=O) groups is 1. The molecule has 1 aliphatic rings. The summed E-state index contributed by atoms with van der Waals surface area (Å²) in [6.45, 7) is 1.56. The van der Waals surface area contributed by atoms with E-state index >= 15 is 0 Å². The molecule has 3 N–H and O–H groups in total. The molecule has 18 heavy (non-hydrogen) atoms. The van der Waals surface area contributed by atoms with Crippen LogP contribution in [0.2, 0.25) is 0 Å². The summed E-state index contributed by atoms with van der Waals surface area (Å²) >= 11 is 0. The highest BCUT2D eigenvalue weighted by atomic mass is 16.7. The molecule has 0 amide bonds. The van der Waals surface area contributed by atoms with Crippen molar-refractivity contribution in [3.8, 4) is 0 Å². The largest absolute Gasteiger partial charge is 0.394 e. The number of carbonyl (C=O) groups excluding carboxylic acids is 1. The molecule has 1 aliphatic heterocycles. The number of aliphatic hydroxyl groups excluding tert-OH is 1. The lowest BCUT2D eigenvalue weighted by Crippen LogP contribution is -2.55. The Hall–Kier alpha value is -1.43. The van der Waals surface area contributed by atoms with Crippen LogP contribution < -0.4 is 10.8 Å². The molecule has 0 unspecified atom stereocenters. The topological polar surface area (TPSA) is 70.6 Å². The minimum absolute atomic E-state index is 0.0449. The van der Waals surface area contributed by atoms with Crippen molar-refractivity contribution in [2.75, 3.05) is 19.7 Å². The summed E-state index contributed by atoms with van der Waals surface area (Å²) in [5.41, 5.74) is 2.72. The first kappa shape index (κ1) is 13.0. The molecule has 1 heterocycles. The lowest BCUT2D eigenvalue weighted by molar-refractivity contribution is -0.0305. The van der Waals surface area contributed by atoms with E-state index in [1.54, 1.807) is 24.3 Å². The molecule has 0 saturated carbocycles. The second-order valence-electron chi connectivity index (χ2n) is 4.55. The fourth-order valence-corrected chi connectivity index (χ4v) is 1.99. The molecule has 1 aromatic carbocycles. The molecule has 1 fully saturated rings. The standard InChI is InChI=1S/C13H18N2O3/c16-10-13(6-8-14-9-7-13)15-18-12(17)11-4-2-1-3-5-11/h1-5,14-16H,6-10H2. The molecule has 0 aliphatic carbocycles. The van der Waals surface area contributed by atoms with Gasteiger partial charge in [-0.25, -0.2) is 4.79 Å². The Morgan fingerprint density at radius 1 is 1.33 bits per heavy atom. The minimum Gasteiger partial charge on any atom is -0.394 e. The van der Waals surface area contributed by atoms with E-state index in [4.69, 9.17) is 4.84 Å². The van der Waals surface area contributed by atoms with Gasteiger partial charge in [0, 0.05) is 0 Å². The van der Waals surface area contributed by atoms with Gasteiger partial charge in [-0.15, -0.1) is 5.48 Å². The molecule has 1 aromatic rings. The van der Waals surface area contributed by atoms with Crippen molar-refractivity contribution in [3.05, 3.63) is 35.9 Å². The monoisotopic (exact) mass is 250 g/mol. The number of hydroxylamine groups is 1. The number of rotatable bonds is 4. The smallest absolute Gasteiger partial charge is 0.356 e. The zero-order valence-electron chi connectivity index (χ0n) is 10.2. The van der Waals surface area contributed by atoms with Crippen molar-refractivity contribution in [3.63, 3.8) is 0 Å². The van der Waals surface area contributed by atoms with Gasteiger partial charge in [0.15, 0.2) is 0 Å². The van der Waals surface area contributed by atoms with E-state index in [1.807, 2.05) is 6.07 Å². The third-order valence-electron chi connectivity index (χ3n) is 3.23. The summed E-state index contributed by atoms with van der Waals surface area (Å²) in [7, 11) is 0. The molecule has 5 nitrogen and oxygen atoms in total. The molecule has 0 aromatic heterocycles. The third kappa shape index (κ3) is 3.07. The number of nitrogens with one attached hydrogen (secondary N) is 2. The quantitative estimate of drug-likeness (QED) is 0.677. The molecule has 2 rings (SSSR count). The second-order valence-corrected chi connectivity index (χ2v) is 4.55. The van der Waals surface area contributed by atoms with Crippen molar-refractivity contribution >= 4 is 5.97 Å². The fourth-order valence-electron chi connectivity index (χ4n) is 1.99. The number of hydrogen-bond acceptors (Lipinski definition) is 5. The van der Waals surface area contributed by atoms with Gasteiger partial charge in [0.2, 0.25) is 0 Å². The summed E-state index contributed by atoms with van der Waals surface area (Å²) in [5, 5.41) is 12.6. The van der Waals surface area contributed by atoms with Gasteiger partial charge in [0.25, 0.3) is 0 Å². The highest BCUT2D eigenvalue weighted by Crippen LogP contribution is 2.17. The Balaban J connectivity index is 1.92. The van der Waals surface area contributed by atoms with Crippen LogP contribution in [0.15, 0.2) is 30.3 Å². The maximum absolute atomic E-state index is 11.8. The SMILES string of the molecule is O=C(ONC1(CO)CCNCC1)c1ccccc1. The van der Waals surface area contributed by atoms with E-state index in [0.717, 1.165) is 25.9 Å². The Kier molecular flexibility index (Phi) is 4.30. The van der Waals surface area contributed by atoms with Gasteiger partial charge in [-0.3, -0.25) is 0 Å². The minimum atomic E-state index is -0.518. The van der Waals surface area contributed by atoms with E-state index in [9.17, 15) is 9.90 Å². The highest BCUT2D eigenvalue weighted by Gasteiger charge is 2.32. The number of aliphatic hydroxyl groups is 1. The second kappa shape index (κ2) is 5.95. The lowest BCUT2D eigenvalue weighted by atomic mass is 9.90. The van der Waals surface area contributed by atoms with Crippen LogP contribution in [0.4, 0.5) is 0 Å². The Morgan fingerprint density at radius 3 is 2.61 bits per heavy atom. The van der Waals surface area contributed by atoms with E-state index in [-0.39, 0.29) is 6.61 Å². The molecule has 0 spiro atoms. The molecule has 0 radical (unpaired) electrons. The molecular formula is C13H18N2O3. The lowest BCUT2D eigenvalue weighted by Gasteiger charge is -2.35. The normalized spacial score (nSPS) is 18.3. The first-order valence-electron chi connectivity index (χ1n) is 6.11. The Bertz CT molecular complexity index is 388. The summed E-state index contributed by atoms with van der Waals surface area (Å²) in [4.78, 5) is 16.8. The zero-order chi connectivity index (χ0) is 12.8. The van der Waals surface area contributed by atoms with Crippen molar-refractivity contribution in [1.29, 1.82) is 0 Å².